The lowest BCUT2D eigenvalue weighted by Crippen LogP contribution is -2.42. The Kier molecular flexibility index (Phi) is 4.63. The van der Waals surface area contributed by atoms with Crippen molar-refractivity contribution in [2.75, 3.05) is 0 Å². The van der Waals surface area contributed by atoms with E-state index in [-0.39, 0.29) is 17.9 Å². The molecule has 19 heavy (non-hydrogen) atoms. The minimum absolute atomic E-state index is 0.104. The molecule has 0 aromatic heterocycles. The maximum atomic E-state index is 12.5. The van der Waals surface area contributed by atoms with Crippen LogP contribution in [0.1, 0.15) is 32.3 Å². The molecular weight excluding hydrogens is 304 g/mol. The monoisotopic (exact) mass is 324 g/mol. The molecule has 1 aliphatic carbocycles. The van der Waals surface area contributed by atoms with Crippen molar-refractivity contribution in [3.8, 4) is 0 Å². The van der Waals surface area contributed by atoms with Gasteiger partial charge in [0.05, 0.1) is 5.92 Å². The van der Waals surface area contributed by atoms with Gasteiger partial charge in [0.1, 0.15) is 0 Å². The number of hydrogen-bond donors (Lipinski definition) is 1. The lowest BCUT2D eigenvalue weighted by Gasteiger charge is -2.27. The zero-order valence-corrected chi connectivity index (χ0v) is 13.1. The molecule has 104 valence electrons. The molecular formula is C15H21BrN2O. The van der Waals surface area contributed by atoms with Crippen molar-refractivity contribution in [3.63, 3.8) is 0 Å². The second kappa shape index (κ2) is 6.06. The van der Waals surface area contributed by atoms with E-state index in [4.69, 9.17) is 5.73 Å². The fourth-order valence-electron chi connectivity index (χ4n) is 2.07. The first-order chi connectivity index (χ1) is 9.00. The molecule has 1 aromatic carbocycles. The fourth-order valence-corrected chi connectivity index (χ4v) is 2.48. The normalized spacial score (nSPS) is 17.9. The van der Waals surface area contributed by atoms with Crippen molar-refractivity contribution < 1.29 is 4.79 Å². The molecule has 1 aromatic rings. The van der Waals surface area contributed by atoms with E-state index in [1.165, 1.54) is 0 Å². The summed E-state index contributed by atoms with van der Waals surface area (Å²) in [6.07, 6.45) is 2.23. The summed E-state index contributed by atoms with van der Waals surface area (Å²) in [5.41, 5.74) is 7.01. The Morgan fingerprint density at radius 3 is 2.58 bits per heavy atom. The smallest absolute Gasteiger partial charge is 0.227 e. The van der Waals surface area contributed by atoms with Crippen molar-refractivity contribution in [2.45, 2.75) is 45.3 Å². The van der Waals surface area contributed by atoms with Crippen LogP contribution in [-0.4, -0.2) is 22.9 Å². The molecule has 2 unspecified atom stereocenters. The molecule has 1 aliphatic rings. The van der Waals surface area contributed by atoms with Gasteiger partial charge < -0.3 is 10.6 Å². The van der Waals surface area contributed by atoms with Gasteiger partial charge in [-0.05, 0) is 31.4 Å². The Hall–Kier alpha value is -0.870. The van der Waals surface area contributed by atoms with Crippen molar-refractivity contribution in [1.29, 1.82) is 0 Å². The first-order valence-electron chi connectivity index (χ1n) is 6.80. The van der Waals surface area contributed by atoms with E-state index in [1.54, 1.807) is 0 Å². The van der Waals surface area contributed by atoms with Gasteiger partial charge in [-0.15, -0.1) is 0 Å². The molecule has 0 saturated heterocycles. The van der Waals surface area contributed by atoms with Crippen LogP contribution in [0, 0.1) is 5.92 Å². The van der Waals surface area contributed by atoms with Crippen LogP contribution in [-0.2, 0) is 11.3 Å². The fraction of sp³-hybridized carbons (Fsp3) is 0.533. The van der Waals surface area contributed by atoms with Crippen LogP contribution in [0.15, 0.2) is 28.7 Å². The van der Waals surface area contributed by atoms with Crippen molar-refractivity contribution in [3.05, 3.63) is 34.3 Å². The molecule has 2 atom stereocenters. The Bertz CT molecular complexity index is 457. The summed E-state index contributed by atoms with van der Waals surface area (Å²) < 4.78 is 1.06. The predicted molar refractivity (Wildman–Crippen MR) is 80.5 cm³/mol. The first kappa shape index (κ1) is 14.5. The van der Waals surface area contributed by atoms with Gasteiger partial charge in [0, 0.05) is 23.1 Å². The Morgan fingerprint density at radius 2 is 2.05 bits per heavy atom. The number of hydrogen-bond acceptors (Lipinski definition) is 2. The molecule has 0 heterocycles. The van der Waals surface area contributed by atoms with Crippen LogP contribution in [0.3, 0.4) is 0 Å². The average Bonchev–Trinajstić information content (AvgIpc) is 3.20. The second-order valence-corrected chi connectivity index (χ2v) is 6.29. The molecule has 1 saturated carbocycles. The Labute approximate surface area is 123 Å². The molecule has 4 heteroatoms. The molecule has 0 aliphatic heterocycles. The highest BCUT2D eigenvalue weighted by Gasteiger charge is 2.35. The first-order valence-corrected chi connectivity index (χ1v) is 7.59. The van der Waals surface area contributed by atoms with Crippen LogP contribution in [0.4, 0.5) is 0 Å². The number of amides is 1. The lowest BCUT2D eigenvalue weighted by atomic mass is 10.0. The summed E-state index contributed by atoms with van der Waals surface area (Å²) in [5.74, 6) is 0.0522. The molecule has 2 rings (SSSR count). The summed E-state index contributed by atoms with van der Waals surface area (Å²) in [7, 11) is 0. The number of nitrogens with two attached hydrogens (primary N) is 1. The average molecular weight is 325 g/mol. The van der Waals surface area contributed by atoms with E-state index < -0.39 is 0 Å². The highest BCUT2D eigenvalue weighted by atomic mass is 79.9. The Morgan fingerprint density at radius 1 is 1.42 bits per heavy atom. The highest BCUT2D eigenvalue weighted by Crippen LogP contribution is 2.31. The topological polar surface area (TPSA) is 46.3 Å². The van der Waals surface area contributed by atoms with Crippen LogP contribution in [0.2, 0.25) is 0 Å². The third-order valence-electron chi connectivity index (χ3n) is 3.75. The third-order valence-corrected chi connectivity index (χ3v) is 4.52. The van der Waals surface area contributed by atoms with Crippen molar-refractivity contribution >= 4 is 21.8 Å². The van der Waals surface area contributed by atoms with Gasteiger partial charge in [-0.25, -0.2) is 0 Å². The zero-order chi connectivity index (χ0) is 14.0. The van der Waals surface area contributed by atoms with Crippen LogP contribution >= 0.6 is 15.9 Å². The largest absolute Gasteiger partial charge is 0.335 e. The van der Waals surface area contributed by atoms with Crippen LogP contribution < -0.4 is 5.73 Å². The predicted octanol–water partition coefficient (Wildman–Crippen LogP) is 2.92. The number of rotatable bonds is 5. The third kappa shape index (κ3) is 3.57. The number of carbonyl (C=O) groups excluding carboxylic acids is 1. The summed E-state index contributed by atoms with van der Waals surface area (Å²) in [4.78, 5) is 14.5. The molecule has 0 radical (unpaired) electrons. The van der Waals surface area contributed by atoms with Gasteiger partial charge in [-0.2, -0.15) is 0 Å². The second-order valence-electron chi connectivity index (χ2n) is 5.44. The van der Waals surface area contributed by atoms with Gasteiger partial charge in [-0.3, -0.25) is 4.79 Å². The minimum Gasteiger partial charge on any atom is -0.335 e. The lowest BCUT2D eigenvalue weighted by molar-refractivity contribution is -0.136. The van der Waals surface area contributed by atoms with Gasteiger partial charge in [0.2, 0.25) is 5.91 Å². The summed E-state index contributed by atoms with van der Waals surface area (Å²) in [5, 5.41) is 0. The highest BCUT2D eigenvalue weighted by molar-refractivity contribution is 9.10. The molecule has 0 spiro atoms. The number of carbonyl (C=O) groups is 1. The maximum Gasteiger partial charge on any atom is 0.227 e. The number of benzene rings is 1. The van der Waals surface area contributed by atoms with Crippen LogP contribution in [0.25, 0.3) is 0 Å². The molecule has 0 bridgehead atoms. The molecule has 1 amide bonds. The van der Waals surface area contributed by atoms with E-state index in [1.807, 2.05) is 36.9 Å². The van der Waals surface area contributed by atoms with E-state index in [9.17, 15) is 4.79 Å². The van der Waals surface area contributed by atoms with E-state index in [0.717, 1.165) is 22.9 Å². The van der Waals surface area contributed by atoms with Gasteiger partial charge in [0.25, 0.3) is 0 Å². The Balaban J connectivity index is 2.13. The quantitative estimate of drug-likeness (QED) is 0.905. The SMILES string of the molecule is CC(N)C(C)C(=O)N(Cc1ccccc1Br)C1CC1. The summed E-state index contributed by atoms with van der Waals surface area (Å²) >= 11 is 3.55. The van der Waals surface area contributed by atoms with E-state index >= 15 is 0 Å². The van der Waals surface area contributed by atoms with Crippen molar-refractivity contribution in [1.82, 2.24) is 4.90 Å². The maximum absolute atomic E-state index is 12.5. The van der Waals surface area contributed by atoms with Crippen molar-refractivity contribution in [2.24, 2.45) is 11.7 Å². The summed E-state index contributed by atoms with van der Waals surface area (Å²) in [6, 6.07) is 8.36. The van der Waals surface area contributed by atoms with Gasteiger partial charge >= 0.3 is 0 Å². The zero-order valence-electron chi connectivity index (χ0n) is 11.5. The molecule has 2 N–H and O–H groups in total. The van der Waals surface area contributed by atoms with Crippen LogP contribution in [0.5, 0.6) is 0 Å². The number of halogens is 1. The molecule has 1 fully saturated rings. The minimum atomic E-state index is -0.122. The van der Waals surface area contributed by atoms with E-state index in [2.05, 4.69) is 22.0 Å². The molecule has 3 nitrogen and oxygen atoms in total. The number of nitrogens with zero attached hydrogens (tertiary/aromatic N) is 1. The van der Waals surface area contributed by atoms with Gasteiger partial charge in [0.15, 0.2) is 0 Å². The summed E-state index contributed by atoms with van der Waals surface area (Å²) in [6.45, 7) is 4.48. The standard InChI is InChI=1S/C15H21BrN2O/c1-10(11(2)17)15(19)18(13-7-8-13)9-12-5-3-4-6-14(12)16/h3-6,10-11,13H,7-9,17H2,1-2H3. The van der Waals surface area contributed by atoms with E-state index in [0.29, 0.717) is 12.6 Å². The van der Waals surface area contributed by atoms with Gasteiger partial charge in [-0.1, -0.05) is 41.1 Å².